The molecule has 0 radical (unpaired) electrons. The predicted octanol–water partition coefficient (Wildman–Crippen LogP) is 4.46. The number of imide groups is 1. The number of aromatic nitrogens is 1. The number of fused-ring (bicyclic) bond motifs is 1. The molecule has 3 amide bonds. The number of hydrogen-bond donors (Lipinski definition) is 1. The number of halogens is 1. The van der Waals surface area contributed by atoms with Crippen LogP contribution in [0.3, 0.4) is 0 Å². The summed E-state index contributed by atoms with van der Waals surface area (Å²) in [5.74, 6) is -0.870. The number of aryl methyl sites for hydroxylation is 1. The molecule has 6 nitrogen and oxygen atoms in total. The highest BCUT2D eigenvalue weighted by atomic mass is 127. The molecule has 1 aromatic heterocycles. The van der Waals surface area contributed by atoms with Gasteiger partial charge in [0.25, 0.3) is 11.1 Å². The summed E-state index contributed by atoms with van der Waals surface area (Å²) in [6.07, 6.45) is 3.63. The highest BCUT2D eigenvalue weighted by molar-refractivity contribution is 14.1. The lowest BCUT2D eigenvalue weighted by molar-refractivity contribution is -0.127. The molecule has 1 aliphatic heterocycles. The smallest absolute Gasteiger partial charge is 0.294 e. The Hall–Kier alpha value is -2.59. The Labute approximate surface area is 185 Å². The third kappa shape index (κ3) is 4.08. The van der Waals surface area contributed by atoms with Gasteiger partial charge in [-0.05, 0) is 70.8 Å². The third-order valence-electron chi connectivity index (χ3n) is 4.52. The maximum Gasteiger partial charge on any atom is 0.294 e. The van der Waals surface area contributed by atoms with E-state index in [2.05, 4.69) is 27.9 Å². The molecule has 0 bridgehead atoms. The fourth-order valence-corrected chi connectivity index (χ4v) is 4.33. The Balaban J connectivity index is 1.51. The molecule has 1 saturated heterocycles. The largest absolute Gasteiger partial charge is 0.350 e. The van der Waals surface area contributed by atoms with E-state index in [-0.39, 0.29) is 6.54 Å². The average Bonchev–Trinajstić information content (AvgIpc) is 3.15. The van der Waals surface area contributed by atoms with Gasteiger partial charge in [0.2, 0.25) is 5.91 Å². The fraction of sp³-hybridized carbons (Fsp3) is 0.0952. The summed E-state index contributed by atoms with van der Waals surface area (Å²) in [4.78, 5) is 38.6. The van der Waals surface area contributed by atoms with Gasteiger partial charge in [-0.25, -0.2) is 0 Å². The van der Waals surface area contributed by atoms with Gasteiger partial charge in [0.05, 0.1) is 4.91 Å². The molecular formula is C21H16IN3O3S. The fourth-order valence-electron chi connectivity index (χ4n) is 3.14. The summed E-state index contributed by atoms with van der Waals surface area (Å²) >= 11 is 3.03. The van der Waals surface area contributed by atoms with Crippen molar-refractivity contribution in [1.29, 1.82) is 0 Å². The van der Waals surface area contributed by atoms with Crippen LogP contribution in [0, 0.1) is 3.57 Å². The van der Waals surface area contributed by atoms with Crippen molar-refractivity contribution in [2.45, 2.75) is 0 Å². The van der Waals surface area contributed by atoms with E-state index < -0.39 is 17.1 Å². The number of carbonyl (C=O) groups is 3. The van der Waals surface area contributed by atoms with Crippen LogP contribution in [0.5, 0.6) is 0 Å². The van der Waals surface area contributed by atoms with Gasteiger partial charge in [0.15, 0.2) is 0 Å². The van der Waals surface area contributed by atoms with E-state index in [9.17, 15) is 14.4 Å². The molecule has 146 valence electrons. The average molecular weight is 517 g/mol. The molecule has 0 atom stereocenters. The zero-order valence-electron chi connectivity index (χ0n) is 15.4. The zero-order valence-corrected chi connectivity index (χ0v) is 18.4. The molecule has 0 spiro atoms. The molecule has 2 heterocycles. The van der Waals surface area contributed by atoms with Crippen LogP contribution in [0.4, 0.5) is 10.5 Å². The summed E-state index contributed by atoms with van der Waals surface area (Å²) < 4.78 is 3.02. The Morgan fingerprint density at radius 3 is 2.62 bits per heavy atom. The Kier molecular flexibility index (Phi) is 5.46. The Morgan fingerprint density at radius 1 is 1.14 bits per heavy atom. The second-order valence-electron chi connectivity index (χ2n) is 6.54. The number of anilines is 1. The van der Waals surface area contributed by atoms with E-state index >= 15 is 0 Å². The number of nitrogens with zero attached hydrogens (tertiary/aromatic N) is 2. The topological polar surface area (TPSA) is 71.4 Å². The number of amides is 3. The predicted molar refractivity (Wildman–Crippen MR) is 123 cm³/mol. The van der Waals surface area contributed by atoms with Crippen molar-refractivity contribution in [2.24, 2.45) is 7.05 Å². The molecule has 29 heavy (non-hydrogen) atoms. The molecule has 0 saturated carbocycles. The SMILES string of the molecule is Cn1cc(/C=C2/SC(=O)N(CC(=O)Nc3ccc(I)cc3)C2=O)c2ccccc21. The van der Waals surface area contributed by atoms with E-state index in [0.29, 0.717) is 10.6 Å². The minimum atomic E-state index is -0.453. The normalized spacial score (nSPS) is 15.5. The van der Waals surface area contributed by atoms with Gasteiger partial charge in [-0.2, -0.15) is 0 Å². The number of rotatable bonds is 4. The van der Waals surface area contributed by atoms with Crippen LogP contribution < -0.4 is 5.32 Å². The third-order valence-corrected chi connectivity index (χ3v) is 6.14. The highest BCUT2D eigenvalue weighted by Crippen LogP contribution is 2.33. The molecule has 0 unspecified atom stereocenters. The van der Waals surface area contributed by atoms with E-state index in [0.717, 1.165) is 36.7 Å². The van der Waals surface area contributed by atoms with Crippen LogP contribution in [0.2, 0.25) is 0 Å². The van der Waals surface area contributed by atoms with Crippen molar-refractivity contribution in [3.63, 3.8) is 0 Å². The molecule has 8 heteroatoms. The first-order chi connectivity index (χ1) is 13.9. The summed E-state index contributed by atoms with van der Waals surface area (Å²) in [5, 5.41) is 3.26. The van der Waals surface area contributed by atoms with Gasteiger partial charge in [0.1, 0.15) is 6.54 Å². The van der Waals surface area contributed by atoms with Crippen LogP contribution in [0.25, 0.3) is 17.0 Å². The second-order valence-corrected chi connectivity index (χ2v) is 8.77. The molecule has 0 aliphatic carbocycles. The van der Waals surface area contributed by atoms with Gasteiger partial charge >= 0.3 is 0 Å². The lowest BCUT2D eigenvalue weighted by Crippen LogP contribution is -2.36. The summed E-state index contributed by atoms with van der Waals surface area (Å²) in [5.41, 5.74) is 2.51. The van der Waals surface area contributed by atoms with Gasteiger partial charge in [0, 0.05) is 39.0 Å². The Morgan fingerprint density at radius 2 is 1.86 bits per heavy atom. The first-order valence-corrected chi connectivity index (χ1v) is 10.7. The summed E-state index contributed by atoms with van der Waals surface area (Å²) in [6.45, 7) is -0.316. The van der Waals surface area contributed by atoms with Crippen LogP contribution in [0.15, 0.2) is 59.6 Å². The van der Waals surface area contributed by atoms with Crippen molar-refractivity contribution in [3.05, 3.63) is 68.8 Å². The number of benzene rings is 2. The van der Waals surface area contributed by atoms with Gasteiger partial charge < -0.3 is 9.88 Å². The molecule has 1 N–H and O–H groups in total. The number of hydrogen-bond acceptors (Lipinski definition) is 4. The van der Waals surface area contributed by atoms with E-state index in [1.54, 1.807) is 18.2 Å². The first-order valence-electron chi connectivity index (χ1n) is 8.77. The zero-order chi connectivity index (χ0) is 20.5. The summed E-state index contributed by atoms with van der Waals surface area (Å²) in [6, 6.07) is 15.1. The monoisotopic (exact) mass is 517 g/mol. The van der Waals surface area contributed by atoms with Crippen LogP contribution in [-0.2, 0) is 16.6 Å². The van der Waals surface area contributed by atoms with Crippen LogP contribution in [0.1, 0.15) is 5.56 Å². The molecular weight excluding hydrogens is 501 g/mol. The highest BCUT2D eigenvalue weighted by Gasteiger charge is 2.36. The maximum atomic E-state index is 12.7. The number of nitrogens with one attached hydrogen (secondary N) is 1. The van der Waals surface area contributed by atoms with Crippen molar-refractivity contribution in [2.75, 3.05) is 11.9 Å². The van der Waals surface area contributed by atoms with Crippen molar-refractivity contribution in [3.8, 4) is 0 Å². The minimum Gasteiger partial charge on any atom is -0.350 e. The van der Waals surface area contributed by atoms with E-state index in [4.69, 9.17) is 0 Å². The molecule has 1 aliphatic rings. The van der Waals surface area contributed by atoms with Gasteiger partial charge in [-0.3, -0.25) is 19.3 Å². The van der Waals surface area contributed by atoms with Crippen molar-refractivity contribution in [1.82, 2.24) is 9.47 Å². The first kappa shape index (κ1) is 19.7. The molecule has 1 fully saturated rings. The second kappa shape index (κ2) is 8.03. The number of thioether (sulfide) groups is 1. The molecule has 3 aromatic rings. The standard InChI is InChI=1S/C21H16IN3O3S/c1-24-11-13(16-4-2-3-5-17(16)24)10-18-20(27)25(21(28)29-18)12-19(26)23-15-8-6-14(22)7-9-15/h2-11H,12H2,1H3,(H,23,26)/b18-10+. The van der Waals surface area contributed by atoms with E-state index in [1.165, 1.54) is 0 Å². The summed E-state index contributed by atoms with van der Waals surface area (Å²) in [7, 11) is 1.93. The van der Waals surface area contributed by atoms with Crippen molar-refractivity contribution >= 4 is 74.1 Å². The number of para-hydroxylation sites is 1. The van der Waals surface area contributed by atoms with E-state index in [1.807, 2.05) is 54.2 Å². The number of carbonyl (C=O) groups excluding carboxylic acids is 3. The maximum absolute atomic E-state index is 12.7. The lowest BCUT2D eigenvalue weighted by Gasteiger charge is -2.12. The Bertz CT molecular complexity index is 1170. The van der Waals surface area contributed by atoms with Gasteiger partial charge in [-0.1, -0.05) is 18.2 Å². The lowest BCUT2D eigenvalue weighted by atomic mass is 10.1. The molecule has 4 rings (SSSR count). The quantitative estimate of drug-likeness (QED) is 0.410. The van der Waals surface area contributed by atoms with Gasteiger partial charge in [-0.15, -0.1) is 0 Å². The molecule has 2 aromatic carbocycles. The van der Waals surface area contributed by atoms with Crippen LogP contribution in [-0.4, -0.2) is 33.1 Å². The minimum absolute atomic E-state index is 0.313. The van der Waals surface area contributed by atoms with Crippen LogP contribution >= 0.6 is 34.4 Å². The van der Waals surface area contributed by atoms with Crippen molar-refractivity contribution < 1.29 is 14.4 Å².